The van der Waals surface area contributed by atoms with Gasteiger partial charge in [-0.3, -0.25) is 9.59 Å². The van der Waals surface area contributed by atoms with Gasteiger partial charge in [-0.1, -0.05) is 30.3 Å². The van der Waals surface area contributed by atoms with Crippen molar-refractivity contribution in [1.82, 2.24) is 10.2 Å². The zero-order valence-electron chi connectivity index (χ0n) is 12.4. The summed E-state index contributed by atoms with van der Waals surface area (Å²) in [7, 11) is 1.87. The lowest BCUT2D eigenvalue weighted by molar-refractivity contribution is -0.129. The zero-order valence-corrected chi connectivity index (χ0v) is 13.2. The monoisotopic (exact) mass is 306 g/mol. The Bertz CT molecular complexity index is 472. The molecule has 2 rings (SSSR count). The first kappa shape index (κ1) is 16.0. The van der Waals surface area contributed by atoms with E-state index in [1.54, 1.807) is 0 Å². The highest BCUT2D eigenvalue weighted by atomic mass is 32.2. The molecule has 21 heavy (non-hydrogen) atoms. The maximum atomic E-state index is 12.1. The van der Waals surface area contributed by atoms with Crippen LogP contribution in [0.15, 0.2) is 30.3 Å². The first-order valence-electron chi connectivity index (χ1n) is 7.31. The molecule has 1 heterocycles. The van der Waals surface area contributed by atoms with Crippen molar-refractivity contribution in [3.8, 4) is 0 Å². The van der Waals surface area contributed by atoms with Gasteiger partial charge in [0, 0.05) is 18.7 Å². The van der Waals surface area contributed by atoms with E-state index in [9.17, 15) is 9.59 Å². The topological polar surface area (TPSA) is 49.4 Å². The molecule has 0 radical (unpaired) electrons. The third-order valence-electron chi connectivity index (χ3n) is 3.80. The van der Waals surface area contributed by atoms with Crippen LogP contribution in [-0.2, 0) is 4.79 Å². The van der Waals surface area contributed by atoms with E-state index in [0.29, 0.717) is 23.1 Å². The van der Waals surface area contributed by atoms with Crippen molar-refractivity contribution in [2.75, 3.05) is 31.6 Å². The van der Waals surface area contributed by atoms with Gasteiger partial charge in [0.25, 0.3) is 0 Å². The fraction of sp³-hybridized carbons (Fsp3) is 0.500. The van der Waals surface area contributed by atoms with Gasteiger partial charge in [-0.2, -0.15) is 0 Å². The molecule has 1 aromatic rings. The van der Waals surface area contributed by atoms with Crippen LogP contribution >= 0.6 is 11.8 Å². The Morgan fingerprint density at radius 2 is 1.86 bits per heavy atom. The molecule has 1 N–H and O–H groups in total. The minimum absolute atomic E-state index is 0.0814. The van der Waals surface area contributed by atoms with Crippen LogP contribution in [0.3, 0.4) is 0 Å². The number of Topliss-reactive ketones (excluding diaryl/α,β-unsaturated/α-hetero) is 1. The lowest BCUT2D eigenvalue weighted by Crippen LogP contribution is -2.44. The molecule has 0 aliphatic carbocycles. The molecule has 1 aliphatic heterocycles. The Morgan fingerprint density at radius 1 is 1.19 bits per heavy atom. The van der Waals surface area contributed by atoms with E-state index in [0.717, 1.165) is 25.9 Å². The summed E-state index contributed by atoms with van der Waals surface area (Å²) in [5.74, 6) is 0.931. The predicted octanol–water partition coefficient (Wildman–Crippen LogP) is 1.81. The number of rotatable bonds is 6. The number of carbonyl (C=O) groups is 2. The van der Waals surface area contributed by atoms with Gasteiger partial charge in [0.15, 0.2) is 5.78 Å². The minimum Gasteiger partial charge on any atom is -0.342 e. The van der Waals surface area contributed by atoms with Crippen molar-refractivity contribution in [1.29, 1.82) is 0 Å². The number of nitrogens with zero attached hydrogens (tertiary/aromatic N) is 1. The van der Waals surface area contributed by atoms with Crippen LogP contribution < -0.4 is 5.32 Å². The number of hydrogen-bond donors (Lipinski definition) is 1. The summed E-state index contributed by atoms with van der Waals surface area (Å²) in [5.41, 5.74) is 0.712. The first-order chi connectivity index (χ1) is 10.2. The van der Waals surface area contributed by atoms with Crippen molar-refractivity contribution in [3.63, 3.8) is 0 Å². The lowest BCUT2D eigenvalue weighted by atomic mass is 10.1. The molecule has 4 nitrogen and oxygen atoms in total. The van der Waals surface area contributed by atoms with Gasteiger partial charge in [-0.15, -0.1) is 11.8 Å². The predicted molar refractivity (Wildman–Crippen MR) is 86.8 cm³/mol. The van der Waals surface area contributed by atoms with Crippen LogP contribution in [-0.4, -0.2) is 54.3 Å². The average molecular weight is 306 g/mol. The van der Waals surface area contributed by atoms with E-state index < -0.39 is 0 Å². The van der Waals surface area contributed by atoms with E-state index in [4.69, 9.17) is 0 Å². The molecule has 0 spiro atoms. The Morgan fingerprint density at radius 3 is 2.52 bits per heavy atom. The molecule has 0 atom stereocenters. The van der Waals surface area contributed by atoms with Crippen molar-refractivity contribution in [3.05, 3.63) is 35.9 Å². The van der Waals surface area contributed by atoms with Crippen LogP contribution in [0.25, 0.3) is 0 Å². The van der Waals surface area contributed by atoms with Crippen molar-refractivity contribution in [2.24, 2.45) is 0 Å². The molecule has 0 saturated carbocycles. The Kier molecular flexibility index (Phi) is 6.26. The van der Waals surface area contributed by atoms with Gasteiger partial charge >= 0.3 is 0 Å². The highest BCUT2D eigenvalue weighted by Gasteiger charge is 2.21. The summed E-state index contributed by atoms with van der Waals surface area (Å²) in [6, 6.07) is 9.56. The SMILES string of the molecule is CN(C(=O)CSCC(=O)c1ccccc1)C1CCNCC1. The average Bonchev–Trinajstić information content (AvgIpc) is 2.55. The Balaban J connectivity index is 1.72. The summed E-state index contributed by atoms with van der Waals surface area (Å²) in [4.78, 5) is 25.9. The van der Waals surface area contributed by atoms with Gasteiger partial charge in [-0.25, -0.2) is 0 Å². The number of nitrogens with one attached hydrogen (secondary N) is 1. The van der Waals surface area contributed by atoms with Gasteiger partial charge in [0.2, 0.25) is 5.91 Å². The number of benzene rings is 1. The van der Waals surface area contributed by atoms with Crippen LogP contribution in [0.1, 0.15) is 23.2 Å². The van der Waals surface area contributed by atoms with Crippen LogP contribution in [0, 0.1) is 0 Å². The molecule has 1 aromatic carbocycles. The van der Waals surface area contributed by atoms with E-state index in [-0.39, 0.29) is 11.7 Å². The molecular weight excluding hydrogens is 284 g/mol. The molecule has 1 saturated heterocycles. The van der Waals surface area contributed by atoms with Crippen molar-refractivity contribution < 1.29 is 9.59 Å². The van der Waals surface area contributed by atoms with Gasteiger partial charge in [-0.05, 0) is 25.9 Å². The molecule has 0 bridgehead atoms. The summed E-state index contributed by atoms with van der Waals surface area (Å²) in [6.07, 6.45) is 2.02. The second-order valence-corrected chi connectivity index (χ2v) is 6.25. The second kappa shape index (κ2) is 8.20. The van der Waals surface area contributed by atoms with E-state index in [1.165, 1.54) is 11.8 Å². The summed E-state index contributed by atoms with van der Waals surface area (Å²) < 4.78 is 0. The van der Waals surface area contributed by atoms with E-state index >= 15 is 0 Å². The molecule has 1 fully saturated rings. The maximum absolute atomic E-state index is 12.1. The second-order valence-electron chi connectivity index (χ2n) is 5.27. The third-order valence-corrected chi connectivity index (χ3v) is 4.72. The Labute approximate surface area is 130 Å². The summed E-state index contributed by atoms with van der Waals surface area (Å²) >= 11 is 1.40. The Hall–Kier alpha value is -1.33. The molecule has 114 valence electrons. The molecule has 1 aliphatic rings. The number of thioether (sulfide) groups is 1. The summed E-state index contributed by atoms with van der Waals surface area (Å²) in [6.45, 7) is 1.95. The fourth-order valence-corrected chi connectivity index (χ4v) is 3.27. The molecule has 5 heteroatoms. The third kappa shape index (κ3) is 4.86. The molecule has 1 amide bonds. The summed E-state index contributed by atoms with van der Waals surface area (Å²) in [5, 5.41) is 3.30. The minimum atomic E-state index is 0.0814. The quantitative estimate of drug-likeness (QED) is 0.815. The highest BCUT2D eigenvalue weighted by Crippen LogP contribution is 2.13. The highest BCUT2D eigenvalue weighted by molar-refractivity contribution is 8.00. The smallest absolute Gasteiger partial charge is 0.232 e. The van der Waals surface area contributed by atoms with Gasteiger partial charge in [0.05, 0.1) is 11.5 Å². The maximum Gasteiger partial charge on any atom is 0.232 e. The van der Waals surface area contributed by atoms with Crippen LogP contribution in [0.5, 0.6) is 0 Å². The standard InChI is InChI=1S/C16H22N2O2S/c1-18(14-7-9-17-10-8-14)16(20)12-21-11-15(19)13-5-3-2-4-6-13/h2-6,14,17H,7-12H2,1H3. The van der Waals surface area contributed by atoms with Crippen molar-refractivity contribution >= 4 is 23.5 Å². The van der Waals surface area contributed by atoms with Crippen molar-refractivity contribution in [2.45, 2.75) is 18.9 Å². The number of piperidine rings is 1. The van der Waals surface area contributed by atoms with E-state index in [1.807, 2.05) is 42.3 Å². The molecule has 0 unspecified atom stereocenters. The van der Waals surface area contributed by atoms with Gasteiger partial charge < -0.3 is 10.2 Å². The van der Waals surface area contributed by atoms with Gasteiger partial charge in [0.1, 0.15) is 0 Å². The molecule has 0 aromatic heterocycles. The largest absolute Gasteiger partial charge is 0.342 e. The normalized spacial score (nSPS) is 15.7. The number of amides is 1. The number of hydrogen-bond acceptors (Lipinski definition) is 4. The first-order valence-corrected chi connectivity index (χ1v) is 8.46. The number of carbonyl (C=O) groups excluding carboxylic acids is 2. The number of ketones is 1. The lowest BCUT2D eigenvalue weighted by Gasteiger charge is -2.31. The zero-order chi connectivity index (χ0) is 15.1. The van der Waals surface area contributed by atoms with Crippen LogP contribution in [0.2, 0.25) is 0 Å². The fourth-order valence-electron chi connectivity index (χ4n) is 2.44. The van der Waals surface area contributed by atoms with E-state index in [2.05, 4.69) is 5.32 Å². The molecular formula is C16H22N2O2S. The van der Waals surface area contributed by atoms with Crippen LogP contribution in [0.4, 0.5) is 0 Å².